The Bertz CT molecular complexity index is 578. The zero-order valence-corrected chi connectivity index (χ0v) is 10.9. The van der Waals surface area contributed by atoms with Crippen LogP contribution in [0.2, 0.25) is 0 Å². The number of aliphatic hydroxyl groups excluding tert-OH is 1. The summed E-state index contributed by atoms with van der Waals surface area (Å²) < 4.78 is 2.05. The van der Waals surface area contributed by atoms with E-state index < -0.39 is 0 Å². The lowest BCUT2D eigenvalue weighted by molar-refractivity contribution is 0.114. The van der Waals surface area contributed by atoms with E-state index in [1.807, 2.05) is 6.26 Å². The standard InChI is InChI=1S/C11H15N5OS/c1-18-10-8-9(14-11(12)15-10)16(5-13-8)7-2-6(3-7)4-17/h5-7,17H,2-4H2,1H3,(H2,12,14,15)/t6-,7+. The van der Waals surface area contributed by atoms with Gasteiger partial charge in [0.05, 0.1) is 6.33 Å². The summed E-state index contributed by atoms with van der Waals surface area (Å²) in [6, 6.07) is 0.371. The molecule has 2 aromatic heterocycles. The van der Waals surface area contributed by atoms with Gasteiger partial charge in [0.1, 0.15) is 10.5 Å². The fourth-order valence-corrected chi connectivity index (χ4v) is 2.92. The van der Waals surface area contributed by atoms with E-state index in [1.165, 1.54) is 11.8 Å². The Morgan fingerprint density at radius 3 is 2.94 bits per heavy atom. The molecule has 96 valence electrons. The van der Waals surface area contributed by atoms with Gasteiger partial charge in [-0.05, 0) is 25.0 Å². The summed E-state index contributed by atoms with van der Waals surface area (Å²) in [5.41, 5.74) is 7.33. The van der Waals surface area contributed by atoms with Crippen LogP contribution in [-0.4, -0.2) is 37.5 Å². The monoisotopic (exact) mass is 265 g/mol. The van der Waals surface area contributed by atoms with E-state index in [0.29, 0.717) is 12.0 Å². The van der Waals surface area contributed by atoms with E-state index in [9.17, 15) is 0 Å². The number of nitrogens with zero attached hydrogens (tertiary/aromatic N) is 4. The van der Waals surface area contributed by atoms with Gasteiger partial charge in [0.2, 0.25) is 5.95 Å². The Morgan fingerprint density at radius 1 is 1.50 bits per heavy atom. The number of anilines is 1. The lowest BCUT2D eigenvalue weighted by atomic mass is 9.81. The van der Waals surface area contributed by atoms with E-state index in [0.717, 1.165) is 29.0 Å². The second-order valence-corrected chi connectivity index (χ2v) is 5.38. The Hall–Kier alpha value is -1.34. The number of rotatable bonds is 3. The Kier molecular flexibility index (Phi) is 2.87. The summed E-state index contributed by atoms with van der Waals surface area (Å²) in [6.45, 7) is 0.260. The molecule has 18 heavy (non-hydrogen) atoms. The molecule has 0 amide bonds. The van der Waals surface area contributed by atoms with Crippen LogP contribution in [0.15, 0.2) is 11.4 Å². The molecule has 2 heterocycles. The third kappa shape index (κ3) is 1.74. The van der Waals surface area contributed by atoms with E-state index in [-0.39, 0.29) is 12.6 Å². The van der Waals surface area contributed by atoms with Crippen LogP contribution in [-0.2, 0) is 0 Å². The van der Waals surface area contributed by atoms with Gasteiger partial charge in [0.15, 0.2) is 5.65 Å². The second kappa shape index (κ2) is 4.40. The molecular formula is C11H15N5OS. The first kappa shape index (κ1) is 11.7. The molecular weight excluding hydrogens is 250 g/mol. The molecule has 1 fully saturated rings. The Balaban J connectivity index is 2.01. The molecule has 0 saturated heterocycles. The molecule has 2 aromatic rings. The highest BCUT2D eigenvalue weighted by atomic mass is 32.2. The number of hydrogen-bond acceptors (Lipinski definition) is 6. The fraction of sp³-hybridized carbons (Fsp3) is 0.545. The molecule has 0 aromatic carbocycles. The number of fused-ring (bicyclic) bond motifs is 1. The topological polar surface area (TPSA) is 89.9 Å². The van der Waals surface area contributed by atoms with Gasteiger partial charge >= 0.3 is 0 Å². The van der Waals surface area contributed by atoms with Crippen molar-refractivity contribution in [2.75, 3.05) is 18.6 Å². The average Bonchev–Trinajstić information content (AvgIpc) is 2.71. The van der Waals surface area contributed by atoms with Crippen LogP contribution in [0.5, 0.6) is 0 Å². The van der Waals surface area contributed by atoms with Crippen molar-refractivity contribution in [3.63, 3.8) is 0 Å². The normalized spacial score (nSPS) is 23.2. The first-order valence-corrected chi connectivity index (χ1v) is 7.10. The highest BCUT2D eigenvalue weighted by Gasteiger charge is 2.31. The number of thioether (sulfide) groups is 1. The molecule has 6 nitrogen and oxygen atoms in total. The molecule has 1 aliphatic carbocycles. The van der Waals surface area contributed by atoms with Crippen LogP contribution in [0, 0.1) is 5.92 Å². The number of nitrogens with two attached hydrogens (primary N) is 1. The highest BCUT2D eigenvalue weighted by molar-refractivity contribution is 7.98. The van der Waals surface area contributed by atoms with E-state index in [2.05, 4.69) is 19.5 Å². The van der Waals surface area contributed by atoms with E-state index in [4.69, 9.17) is 10.8 Å². The van der Waals surface area contributed by atoms with Crippen LogP contribution in [0.3, 0.4) is 0 Å². The Morgan fingerprint density at radius 2 is 2.28 bits per heavy atom. The average molecular weight is 265 g/mol. The number of imidazole rings is 1. The second-order valence-electron chi connectivity index (χ2n) is 4.59. The van der Waals surface area contributed by atoms with Crippen molar-refractivity contribution in [1.82, 2.24) is 19.5 Å². The summed E-state index contributed by atoms with van der Waals surface area (Å²) in [4.78, 5) is 12.9. The van der Waals surface area contributed by atoms with Crippen molar-refractivity contribution < 1.29 is 5.11 Å². The maximum atomic E-state index is 9.07. The minimum atomic E-state index is 0.260. The third-order valence-electron chi connectivity index (χ3n) is 3.46. The smallest absolute Gasteiger partial charge is 0.223 e. The SMILES string of the molecule is CSc1nc(N)nc2c1ncn2[C@H]1C[C@@H](CO)C1. The summed E-state index contributed by atoms with van der Waals surface area (Å²) in [5, 5.41) is 9.88. The van der Waals surface area contributed by atoms with Gasteiger partial charge < -0.3 is 15.4 Å². The van der Waals surface area contributed by atoms with Gasteiger partial charge in [-0.2, -0.15) is 4.98 Å². The van der Waals surface area contributed by atoms with Crippen molar-refractivity contribution in [3.8, 4) is 0 Å². The number of aromatic nitrogens is 4. The van der Waals surface area contributed by atoms with Crippen LogP contribution in [0.1, 0.15) is 18.9 Å². The molecule has 0 atom stereocenters. The largest absolute Gasteiger partial charge is 0.396 e. The first-order valence-electron chi connectivity index (χ1n) is 5.87. The zero-order valence-electron chi connectivity index (χ0n) is 10.1. The molecule has 0 spiro atoms. The van der Waals surface area contributed by atoms with Crippen molar-refractivity contribution in [3.05, 3.63) is 6.33 Å². The van der Waals surface area contributed by atoms with Crippen molar-refractivity contribution in [2.45, 2.75) is 23.9 Å². The maximum absolute atomic E-state index is 9.07. The molecule has 0 unspecified atom stereocenters. The highest BCUT2D eigenvalue weighted by Crippen LogP contribution is 2.39. The minimum absolute atomic E-state index is 0.260. The first-order chi connectivity index (χ1) is 8.72. The van der Waals surface area contributed by atoms with Gasteiger partial charge in [-0.25, -0.2) is 9.97 Å². The molecule has 1 aliphatic rings. The van der Waals surface area contributed by atoms with Crippen LogP contribution in [0.4, 0.5) is 5.95 Å². The van der Waals surface area contributed by atoms with Gasteiger partial charge in [-0.1, -0.05) is 0 Å². The molecule has 7 heteroatoms. The quantitative estimate of drug-likeness (QED) is 0.637. The van der Waals surface area contributed by atoms with Crippen molar-refractivity contribution in [1.29, 1.82) is 0 Å². The zero-order chi connectivity index (χ0) is 12.7. The maximum Gasteiger partial charge on any atom is 0.223 e. The number of nitrogen functional groups attached to an aromatic ring is 1. The predicted molar refractivity (Wildman–Crippen MR) is 70.4 cm³/mol. The van der Waals surface area contributed by atoms with Gasteiger partial charge in [0.25, 0.3) is 0 Å². The third-order valence-corrected chi connectivity index (χ3v) is 4.13. The molecule has 0 bridgehead atoms. The Labute approximate surface area is 109 Å². The van der Waals surface area contributed by atoms with E-state index >= 15 is 0 Å². The van der Waals surface area contributed by atoms with Gasteiger partial charge in [0, 0.05) is 12.6 Å². The molecule has 3 rings (SSSR count). The molecule has 1 saturated carbocycles. The van der Waals surface area contributed by atoms with Crippen molar-refractivity contribution >= 4 is 28.9 Å². The summed E-state index contributed by atoms with van der Waals surface area (Å²) in [6.07, 6.45) is 5.70. The van der Waals surface area contributed by atoms with Gasteiger partial charge in [-0.3, -0.25) is 0 Å². The lowest BCUT2D eigenvalue weighted by Gasteiger charge is -2.34. The summed E-state index contributed by atoms with van der Waals surface area (Å²) in [7, 11) is 0. The predicted octanol–water partition coefficient (Wildman–Crippen LogP) is 1.07. The number of aliphatic hydroxyl groups is 1. The summed E-state index contributed by atoms with van der Waals surface area (Å²) >= 11 is 1.52. The number of hydrogen-bond donors (Lipinski definition) is 2. The fourth-order valence-electron chi connectivity index (χ4n) is 2.39. The minimum Gasteiger partial charge on any atom is -0.396 e. The van der Waals surface area contributed by atoms with Crippen LogP contribution in [0.25, 0.3) is 11.2 Å². The molecule has 0 radical (unpaired) electrons. The molecule has 0 aliphatic heterocycles. The van der Waals surface area contributed by atoms with Crippen LogP contribution < -0.4 is 5.73 Å². The van der Waals surface area contributed by atoms with Crippen molar-refractivity contribution in [2.24, 2.45) is 5.92 Å². The van der Waals surface area contributed by atoms with E-state index in [1.54, 1.807) is 6.33 Å². The van der Waals surface area contributed by atoms with Crippen LogP contribution >= 0.6 is 11.8 Å². The molecule has 3 N–H and O–H groups in total. The summed E-state index contributed by atoms with van der Waals surface area (Å²) in [5.74, 6) is 0.693. The van der Waals surface area contributed by atoms with Gasteiger partial charge in [-0.15, -0.1) is 11.8 Å². The lowest BCUT2D eigenvalue weighted by Crippen LogP contribution is -2.28.